The van der Waals surface area contributed by atoms with Crippen molar-refractivity contribution in [2.24, 2.45) is 0 Å². The highest BCUT2D eigenvalue weighted by molar-refractivity contribution is 5.89. The summed E-state index contributed by atoms with van der Waals surface area (Å²) in [5, 5.41) is 9.35. The second-order valence-corrected chi connectivity index (χ2v) is 3.91. The Morgan fingerprint density at radius 3 is 2.33 bits per heavy atom. The third kappa shape index (κ3) is 2.08. The molecule has 1 aliphatic heterocycles. The van der Waals surface area contributed by atoms with Crippen LogP contribution in [0.4, 0.5) is 0 Å². The van der Waals surface area contributed by atoms with E-state index < -0.39 is 5.60 Å². The first-order valence-electron chi connectivity index (χ1n) is 4.07. The lowest BCUT2D eigenvalue weighted by Crippen LogP contribution is -2.61. The van der Waals surface area contributed by atoms with Gasteiger partial charge in [0.1, 0.15) is 0 Å². The van der Waals surface area contributed by atoms with Gasteiger partial charge < -0.3 is 10.0 Å². The molecule has 0 aromatic heterocycles. The van der Waals surface area contributed by atoms with Gasteiger partial charge in [0.15, 0.2) is 0 Å². The van der Waals surface area contributed by atoms with E-state index in [9.17, 15) is 9.90 Å². The Kier molecular flexibility index (Phi) is 2.24. The van der Waals surface area contributed by atoms with E-state index in [1.807, 2.05) is 13.8 Å². The first-order chi connectivity index (χ1) is 5.41. The van der Waals surface area contributed by atoms with E-state index in [-0.39, 0.29) is 5.91 Å². The third-order valence-electron chi connectivity index (χ3n) is 1.79. The molecular weight excluding hydrogens is 154 g/mol. The van der Waals surface area contributed by atoms with E-state index in [2.05, 4.69) is 0 Å². The van der Waals surface area contributed by atoms with Gasteiger partial charge in [0, 0.05) is 6.08 Å². The van der Waals surface area contributed by atoms with Gasteiger partial charge in [-0.05, 0) is 20.8 Å². The summed E-state index contributed by atoms with van der Waals surface area (Å²) >= 11 is 0. The number of allylic oxidation sites excluding steroid dienone is 1. The largest absolute Gasteiger partial charge is 0.386 e. The molecule has 1 rings (SSSR count). The standard InChI is InChI=1S/C9H15NO2/c1-7(2)4-8(11)10-5-9(3,12)6-10/h4,12H,5-6H2,1-3H3. The van der Waals surface area contributed by atoms with Gasteiger partial charge in [-0.3, -0.25) is 4.79 Å². The third-order valence-corrected chi connectivity index (χ3v) is 1.79. The summed E-state index contributed by atoms with van der Waals surface area (Å²) in [6, 6.07) is 0. The molecule has 1 saturated heterocycles. The molecule has 0 aromatic carbocycles. The Labute approximate surface area is 72.7 Å². The Morgan fingerprint density at radius 1 is 1.50 bits per heavy atom. The topological polar surface area (TPSA) is 40.5 Å². The van der Waals surface area contributed by atoms with Crippen molar-refractivity contribution >= 4 is 5.91 Å². The Hall–Kier alpha value is -0.830. The van der Waals surface area contributed by atoms with Crippen molar-refractivity contribution in [1.29, 1.82) is 0 Å². The van der Waals surface area contributed by atoms with Crippen molar-refractivity contribution in [3.63, 3.8) is 0 Å². The van der Waals surface area contributed by atoms with Crippen LogP contribution in [0, 0.1) is 0 Å². The van der Waals surface area contributed by atoms with Crippen LogP contribution in [-0.4, -0.2) is 34.6 Å². The Balaban J connectivity index is 2.44. The molecule has 12 heavy (non-hydrogen) atoms. The van der Waals surface area contributed by atoms with Gasteiger partial charge in [0.05, 0.1) is 18.7 Å². The Morgan fingerprint density at radius 2 is 2.00 bits per heavy atom. The van der Waals surface area contributed by atoms with Crippen molar-refractivity contribution in [3.8, 4) is 0 Å². The lowest BCUT2D eigenvalue weighted by atomic mass is 9.97. The van der Waals surface area contributed by atoms with Crippen LogP contribution in [0.25, 0.3) is 0 Å². The SMILES string of the molecule is CC(C)=CC(=O)N1CC(C)(O)C1. The van der Waals surface area contributed by atoms with E-state index in [4.69, 9.17) is 0 Å². The molecule has 1 heterocycles. The zero-order valence-electron chi connectivity index (χ0n) is 7.79. The highest BCUT2D eigenvalue weighted by atomic mass is 16.3. The van der Waals surface area contributed by atoms with E-state index in [1.54, 1.807) is 17.9 Å². The zero-order valence-corrected chi connectivity index (χ0v) is 7.79. The Bertz CT molecular complexity index is 219. The molecule has 0 radical (unpaired) electrons. The second kappa shape index (κ2) is 2.90. The highest BCUT2D eigenvalue weighted by Gasteiger charge is 2.38. The van der Waals surface area contributed by atoms with E-state index in [1.165, 1.54) is 0 Å². The summed E-state index contributed by atoms with van der Waals surface area (Å²) in [5.74, 6) is 0.00141. The number of likely N-dealkylation sites (tertiary alicyclic amines) is 1. The predicted octanol–water partition coefficient (Wildman–Crippen LogP) is 0.546. The van der Waals surface area contributed by atoms with Crippen LogP contribution in [0.5, 0.6) is 0 Å². The van der Waals surface area contributed by atoms with Crippen LogP contribution in [0.2, 0.25) is 0 Å². The molecule has 1 aliphatic rings. The van der Waals surface area contributed by atoms with Gasteiger partial charge in [-0.2, -0.15) is 0 Å². The van der Waals surface area contributed by atoms with Crippen LogP contribution in [0.3, 0.4) is 0 Å². The molecule has 3 heteroatoms. The fraction of sp³-hybridized carbons (Fsp3) is 0.667. The number of hydrogen-bond donors (Lipinski definition) is 1. The summed E-state index contributed by atoms with van der Waals surface area (Å²) < 4.78 is 0. The number of hydrogen-bond acceptors (Lipinski definition) is 2. The summed E-state index contributed by atoms with van der Waals surface area (Å²) in [7, 11) is 0. The molecule has 0 bridgehead atoms. The normalized spacial score (nSPS) is 19.8. The van der Waals surface area contributed by atoms with Crippen molar-refractivity contribution in [3.05, 3.63) is 11.6 Å². The summed E-state index contributed by atoms with van der Waals surface area (Å²) in [5.41, 5.74) is 0.331. The number of carbonyl (C=O) groups excluding carboxylic acids is 1. The second-order valence-electron chi connectivity index (χ2n) is 3.91. The average molecular weight is 169 g/mol. The summed E-state index contributed by atoms with van der Waals surface area (Å²) in [4.78, 5) is 12.9. The summed E-state index contributed by atoms with van der Waals surface area (Å²) in [6.45, 7) is 6.41. The van der Waals surface area contributed by atoms with Crippen molar-refractivity contribution in [1.82, 2.24) is 4.90 Å². The number of carbonyl (C=O) groups is 1. The van der Waals surface area contributed by atoms with Crippen LogP contribution in [0.15, 0.2) is 11.6 Å². The van der Waals surface area contributed by atoms with Crippen molar-refractivity contribution < 1.29 is 9.90 Å². The minimum atomic E-state index is -0.662. The van der Waals surface area contributed by atoms with Gasteiger partial charge >= 0.3 is 0 Å². The van der Waals surface area contributed by atoms with Gasteiger partial charge in [-0.1, -0.05) is 5.57 Å². The molecule has 0 aromatic rings. The average Bonchev–Trinajstić information content (AvgIpc) is 1.80. The van der Waals surface area contributed by atoms with Crippen LogP contribution >= 0.6 is 0 Å². The van der Waals surface area contributed by atoms with Gasteiger partial charge in [-0.15, -0.1) is 0 Å². The number of amides is 1. The maximum Gasteiger partial charge on any atom is 0.246 e. The number of β-amino-alcohol motifs (C(OH)–C–C–N with tert-alkyl or cyclic N) is 1. The van der Waals surface area contributed by atoms with Gasteiger partial charge in [-0.25, -0.2) is 0 Å². The van der Waals surface area contributed by atoms with Crippen LogP contribution in [-0.2, 0) is 4.79 Å². The molecule has 1 amide bonds. The maximum absolute atomic E-state index is 11.3. The number of nitrogens with zero attached hydrogens (tertiary/aromatic N) is 1. The lowest BCUT2D eigenvalue weighted by molar-refractivity contribution is -0.146. The molecule has 0 aliphatic carbocycles. The van der Waals surface area contributed by atoms with Crippen molar-refractivity contribution in [2.45, 2.75) is 26.4 Å². The summed E-state index contributed by atoms with van der Waals surface area (Å²) in [6.07, 6.45) is 1.59. The molecule has 0 atom stereocenters. The zero-order chi connectivity index (χ0) is 9.35. The van der Waals surface area contributed by atoms with Gasteiger partial charge in [0.25, 0.3) is 0 Å². The fourth-order valence-electron chi connectivity index (χ4n) is 1.27. The first kappa shape index (κ1) is 9.26. The van der Waals surface area contributed by atoms with E-state index in [0.29, 0.717) is 13.1 Å². The quantitative estimate of drug-likeness (QED) is 0.582. The van der Waals surface area contributed by atoms with Crippen LogP contribution < -0.4 is 0 Å². The molecule has 1 N–H and O–H groups in total. The minimum absolute atomic E-state index is 0.00141. The number of rotatable bonds is 1. The molecule has 0 saturated carbocycles. The maximum atomic E-state index is 11.3. The fourth-order valence-corrected chi connectivity index (χ4v) is 1.27. The highest BCUT2D eigenvalue weighted by Crippen LogP contribution is 2.19. The molecule has 0 spiro atoms. The smallest absolute Gasteiger partial charge is 0.246 e. The molecule has 68 valence electrons. The molecule has 0 unspecified atom stereocenters. The van der Waals surface area contributed by atoms with E-state index >= 15 is 0 Å². The molecule has 3 nitrogen and oxygen atoms in total. The molecule has 1 fully saturated rings. The van der Waals surface area contributed by atoms with E-state index in [0.717, 1.165) is 5.57 Å². The first-order valence-corrected chi connectivity index (χ1v) is 4.07. The van der Waals surface area contributed by atoms with Crippen molar-refractivity contribution in [2.75, 3.05) is 13.1 Å². The monoisotopic (exact) mass is 169 g/mol. The van der Waals surface area contributed by atoms with Gasteiger partial charge in [0.2, 0.25) is 5.91 Å². The molecular formula is C9H15NO2. The number of aliphatic hydroxyl groups is 1. The van der Waals surface area contributed by atoms with Crippen LogP contribution in [0.1, 0.15) is 20.8 Å². The lowest BCUT2D eigenvalue weighted by Gasteiger charge is -2.43. The minimum Gasteiger partial charge on any atom is -0.386 e. The predicted molar refractivity (Wildman–Crippen MR) is 46.6 cm³/mol.